The average molecular weight is 765 g/mol. The molecule has 7 aromatic carbocycles. The Morgan fingerprint density at radius 1 is 0.552 bits per heavy atom. The van der Waals surface area contributed by atoms with Gasteiger partial charge >= 0.3 is 0 Å². The monoisotopic (exact) mass is 764 g/mol. The van der Waals surface area contributed by atoms with Crippen molar-refractivity contribution in [3.8, 4) is 17.3 Å². The van der Waals surface area contributed by atoms with E-state index in [0.717, 1.165) is 71.1 Å². The Hall–Kier alpha value is -7.35. The fourth-order valence-corrected chi connectivity index (χ4v) is 14.9. The molecule has 1 atom stereocenters. The second-order valence-electron chi connectivity index (χ2n) is 15.0. The first kappa shape index (κ1) is 32.8. The first-order valence-electron chi connectivity index (χ1n) is 19.5. The van der Waals surface area contributed by atoms with Gasteiger partial charge in [0.2, 0.25) is 0 Å². The molecular weight excluding hydrogens is 732 g/mol. The van der Waals surface area contributed by atoms with Gasteiger partial charge in [-0.2, -0.15) is 0 Å². The molecule has 4 aromatic heterocycles. The lowest BCUT2D eigenvalue weighted by molar-refractivity contribution is 0.384. The SMILES string of the molecule is FC(c1ccc2c3ccccc3n3ccnc3c2c1)c1cc2c(c3c1Oc1ccccc1[Si]3(c1ccccc1)c1ccccc1)c1ccccc1n2-c1ccccn1. The van der Waals surface area contributed by atoms with Crippen LogP contribution >= 0.6 is 0 Å². The van der Waals surface area contributed by atoms with Crippen molar-refractivity contribution in [1.82, 2.24) is 18.9 Å². The van der Waals surface area contributed by atoms with Crippen LogP contribution < -0.4 is 25.5 Å². The number of nitrogens with zero attached hydrogens (tertiary/aromatic N) is 4. The molecule has 0 spiro atoms. The Bertz CT molecular complexity index is 3360. The highest BCUT2D eigenvalue weighted by Crippen LogP contribution is 2.45. The average Bonchev–Trinajstić information content (AvgIpc) is 3.93. The molecule has 0 N–H and O–H groups in total. The summed E-state index contributed by atoms with van der Waals surface area (Å²) >= 11 is 0. The summed E-state index contributed by atoms with van der Waals surface area (Å²) < 4.78 is 29.9. The second-order valence-corrected chi connectivity index (χ2v) is 18.7. The number of fused-ring (bicyclic) bond motifs is 12. The van der Waals surface area contributed by atoms with Crippen LogP contribution in [0.2, 0.25) is 0 Å². The maximum atomic E-state index is 18.5. The van der Waals surface area contributed by atoms with E-state index in [-0.39, 0.29) is 0 Å². The first-order valence-corrected chi connectivity index (χ1v) is 21.5. The van der Waals surface area contributed by atoms with Crippen molar-refractivity contribution in [2.24, 2.45) is 0 Å². The molecule has 1 aliphatic heterocycles. The molecule has 0 bridgehead atoms. The fraction of sp³-hybridized carbons (Fsp3) is 0.0196. The predicted molar refractivity (Wildman–Crippen MR) is 235 cm³/mol. The zero-order chi connectivity index (χ0) is 38.4. The van der Waals surface area contributed by atoms with Crippen molar-refractivity contribution in [2.75, 3.05) is 0 Å². The van der Waals surface area contributed by atoms with Gasteiger partial charge in [-0.3, -0.25) is 8.97 Å². The molecule has 5 nitrogen and oxygen atoms in total. The molecule has 0 aliphatic carbocycles. The van der Waals surface area contributed by atoms with Crippen molar-refractivity contribution in [3.05, 3.63) is 206 Å². The van der Waals surface area contributed by atoms with Crippen molar-refractivity contribution >= 4 is 77.9 Å². The molecule has 0 radical (unpaired) electrons. The molecule has 5 heterocycles. The number of aromatic nitrogens is 4. The molecule has 1 unspecified atom stereocenters. The minimum Gasteiger partial charge on any atom is -0.457 e. The largest absolute Gasteiger partial charge is 0.457 e. The summed E-state index contributed by atoms with van der Waals surface area (Å²) in [5, 5.41) is 9.67. The van der Waals surface area contributed by atoms with Gasteiger partial charge in [-0.25, -0.2) is 14.4 Å². The smallest absolute Gasteiger partial charge is 0.189 e. The molecule has 0 amide bonds. The standard InChI is InChI=1S/C51H33FN4OSi/c52-48(33-26-27-36-37-19-7-9-21-41(37)55-30-29-54-51(55)39(36)31-33)40-32-43-47(38-20-8-10-22-42(38)56(43)46-25-13-14-28-53-46)50-49(40)57-44-23-11-12-24-45(44)58(50,34-15-3-1-4-16-34)35-17-5-2-6-18-35/h1-32,48H. The lowest BCUT2D eigenvalue weighted by atomic mass is 9.96. The lowest BCUT2D eigenvalue weighted by Crippen LogP contribution is -2.76. The first-order chi connectivity index (χ1) is 28.7. The van der Waals surface area contributed by atoms with Crippen LogP contribution in [0.25, 0.3) is 54.9 Å². The van der Waals surface area contributed by atoms with Gasteiger partial charge in [0.25, 0.3) is 0 Å². The number of hydrogen-bond donors (Lipinski definition) is 0. The van der Waals surface area contributed by atoms with Crippen LogP contribution in [0.4, 0.5) is 4.39 Å². The summed E-state index contributed by atoms with van der Waals surface area (Å²) in [4.78, 5) is 9.65. The normalized spacial score (nSPS) is 13.8. The summed E-state index contributed by atoms with van der Waals surface area (Å²) in [5.41, 5.74) is 4.73. The molecule has 12 rings (SSSR count). The summed E-state index contributed by atoms with van der Waals surface area (Å²) in [6.45, 7) is 0. The summed E-state index contributed by atoms with van der Waals surface area (Å²) in [7, 11) is -3.26. The third-order valence-corrected chi connectivity index (χ3v) is 16.9. The van der Waals surface area contributed by atoms with Gasteiger partial charge in [-0.05, 0) is 69.0 Å². The van der Waals surface area contributed by atoms with Gasteiger partial charge < -0.3 is 4.74 Å². The van der Waals surface area contributed by atoms with Crippen LogP contribution in [-0.2, 0) is 0 Å². The molecule has 7 heteroatoms. The molecule has 0 fully saturated rings. The number of benzene rings is 7. The van der Waals surface area contributed by atoms with E-state index in [2.05, 4.69) is 118 Å². The van der Waals surface area contributed by atoms with Crippen LogP contribution in [0.15, 0.2) is 195 Å². The minimum atomic E-state index is -3.26. The number of ether oxygens (including phenoxy) is 1. The molecule has 11 aromatic rings. The van der Waals surface area contributed by atoms with E-state index in [1.807, 2.05) is 85.3 Å². The van der Waals surface area contributed by atoms with E-state index in [1.165, 1.54) is 10.4 Å². The van der Waals surface area contributed by atoms with E-state index in [1.54, 1.807) is 0 Å². The van der Waals surface area contributed by atoms with Crippen molar-refractivity contribution in [2.45, 2.75) is 6.17 Å². The maximum absolute atomic E-state index is 18.5. The third-order valence-electron chi connectivity index (χ3n) is 12.1. The Morgan fingerprint density at radius 2 is 1.24 bits per heavy atom. The predicted octanol–water partition coefficient (Wildman–Crippen LogP) is 9.67. The highest BCUT2D eigenvalue weighted by molar-refractivity contribution is 7.21. The number of alkyl halides is 1. The summed E-state index contributed by atoms with van der Waals surface area (Å²) in [6.07, 6.45) is 4.04. The third kappa shape index (κ3) is 4.50. The number of hydrogen-bond acceptors (Lipinski definition) is 3. The van der Waals surface area contributed by atoms with Gasteiger partial charge in [0.15, 0.2) is 14.2 Å². The van der Waals surface area contributed by atoms with E-state index in [0.29, 0.717) is 16.9 Å². The zero-order valence-corrected chi connectivity index (χ0v) is 32.1. The summed E-state index contributed by atoms with van der Waals surface area (Å²) in [5.74, 6) is 2.09. The second kappa shape index (κ2) is 12.6. The molecule has 58 heavy (non-hydrogen) atoms. The van der Waals surface area contributed by atoms with Crippen molar-refractivity contribution < 1.29 is 9.13 Å². The topological polar surface area (TPSA) is 44.4 Å². The number of pyridine rings is 2. The Morgan fingerprint density at radius 3 is 2.02 bits per heavy atom. The fourth-order valence-electron chi connectivity index (χ4n) is 9.70. The van der Waals surface area contributed by atoms with E-state index in [4.69, 9.17) is 14.7 Å². The highest BCUT2D eigenvalue weighted by atomic mass is 28.3. The van der Waals surface area contributed by atoms with Crippen LogP contribution in [-0.4, -0.2) is 27.0 Å². The molecular formula is C51H33FN4OSi. The van der Waals surface area contributed by atoms with Crippen LogP contribution in [0.5, 0.6) is 11.5 Å². The number of halogens is 1. The van der Waals surface area contributed by atoms with Gasteiger partial charge in [0.05, 0.1) is 16.6 Å². The Labute approximate surface area is 333 Å². The molecule has 0 saturated heterocycles. The van der Waals surface area contributed by atoms with Gasteiger partial charge in [0.1, 0.15) is 23.0 Å². The maximum Gasteiger partial charge on any atom is 0.189 e. The van der Waals surface area contributed by atoms with E-state index < -0.39 is 14.2 Å². The minimum absolute atomic E-state index is 0.472. The quantitative estimate of drug-likeness (QED) is 0.130. The van der Waals surface area contributed by atoms with Gasteiger partial charge in [-0.15, -0.1) is 0 Å². The number of imidazole rings is 1. The van der Waals surface area contributed by atoms with Crippen molar-refractivity contribution in [1.29, 1.82) is 0 Å². The van der Waals surface area contributed by atoms with Crippen LogP contribution in [0.3, 0.4) is 0 Å². The van der Waals surface area contributed by atoms with E-state index >= 15 is 4.39 Å². The highest BCUT2D eigenvalue weighted by Gasteiger charge is 2.51. The van der Waals surface area contributed by atoms with Gasteiger partial charge in [0, 0.05) is 50.9 Å². The molecule has 274 valence electrons. The van der Waals surface area contributed by atoms with Gasteiger partial charge in [-0.1, -0.05) is 133 Å². The van der Waals surface area contributed by atoms with E-state index in [9.17, 15) is 0 Å². The van der Waals surface area contributed by atoms with Crippen LogP contribution in [0.1, 0.15) is 17.3 Å². The number of rotatable bonds is 5. The molecule has 0 saturated carbocycles. The summed E-state index contributed by atoms with van der Waals surface area (Å²) in [6, 6.07) is 60.7. The van der Waals surface area contributed by atoms with Crippen LogP contribution in [0, 0.1) is 0 Å². The Balaban J connectivity index is 1.25. The Kier molecular flexibility index (Phi) is 7.12. The zero-order valence-electron chi connectivity index (χ0n) is 31.1. The molecule has 1 aliphatic rings. The van der Waals surface area contributed by atoms with Crippen molar-refractivity contribution in [3.63, 3.8) is 0 Å². The lowest BCUT2D eigenvalue weighted by Gasteiger charge is -2.41. The number of para-hydroxylation sites is 3.